The maximum Gasteiger partial charge on any atom is 0.498 e. The van der Waals surface area contributed by atoms with Crippen molar-refractivity contribution in [2.75, 3.05) is 0 Å². The molecule has 236 valence electrons. The highest BCUT2D eigenvalue weighted by Gasteiger charge is 2.86. The van der Waals surface area contributed by atoms with Crippen LogP contribution in [0.4, 0.5) is 52.7 Å². The molecule has 0 amide bonds. The van der Waals surface area contributed by atoms with Crippen LogP contribution in [0, 0.1) is 23.7 Å². The molecule has 2 fully saturated rings. The summed E-state index contributed by atoms with van der Waals surface area (Å²) in [4.78, 5) is 12.8. The van der Waals surface area contributed by atoms with E-state index in [1.165, 1.54) is 0 Å². The van der Waals surface area contributed by atoms with Gasteiger partial charge < -0.3 is 0 Å². The van der Waals surface area contributed by atoms with Crippen LogP contribution in [0.25, 0.3) is 0 Å². The second-order valence-electron chi connectivity index (χ2n) is 9.02. The van der Waals surface area contributed by atoms with Crippen molar-refractivity contribution in [3.63, 3.8) is 0 Å². The van der Waals surface area contributed by atoms with E-state index in [-0.39, 0.29) is 0 Å². The van der Waals surface area contributed by atoms with Gasteiger partial charge in [0.15, 0.2) is 8.16 Å². The molecule has 2 saturated carbocycles. The van der Waals surface area contributed by atoms with Gasteiger partial charge in [0.25, 0.3) is 39.3 Å². The Morgan fingerprint density at radius 1 is 0.525 bits per heavy atom. The van der Waals surface area contributed by atoms with Crippen LogP contribution in [-0.4, -0.2) is 69.6 Å². The molecule has 0 spiro atoms. The molecule has 2 aliphatic carbocycles. The lowest BCUT2D eigenvalue weighted by Crippen LogP contribution is -2.50. The third kappa shape index (κ3) is 4.25. The first-order chi connectivity index (χ1) is 17.2. The molecule has 4 unspecified atom stereocenters. The second kappa shape index (κ2) is 8.83. The SMILES string of the molecule is CC(C(=O)C(C)C1CC1(S(=O)(=O)C(F)(F)F)S(=O)(=O)C(F)(F)F)C1CC1(S(=O)(=O)C(F)(F)F)S(=O)(=O)C(F)(F)F. The molecule has 0 aromatic rings. The Morgan fingerprint density at radius 2 is 0.700 bits per heavy atom. The van der Waals surface area contributed by atoms with Gasteiger partial charge in [-0.25, -0.2) is 33.7 Å². The van der Waals surface area contributed by atoms with Crippen LogP contribution in [0.1, 0.15) is 26.7 Å². The van der Waals surface area contributed by atoms with Crippen molar-refractivity contribution < 1.29 is 91.2 Å². The monoisotopic (exact) mass is 694 g/mol. The molecule has 0 aromatic heterocycles. The van der Waals surface area contributed by atoms with E-state index in [1.54, 1.807) is 0 Å². The summed E-state index contributed by atoms with van der Waals surface area (Å²) in [6.45, 7) is 0.591. The minimum absolute atomic E-state index is 0.295. The Bertz CT molecular complexity index is 1310. The number of rotatable bonds is 8. The molecule has 40 heavy (non-hydrogen) atoms. The third-order valence-electron chi connectivity index (χ3n) is 6.96. The lowest BCUT2D eigenvalue weighted by atomic mass is 9.89. The van der Waals surface area contributed by atoms with Crippen molar-refractivity contribution in [2.24, 2.45) is 23.7 Å². The van der Waals surface area contributed by atoms with E-state index in [4.69, 9.17) is 0 Å². The molecule has 2 rings (SSSR count). The number of hydrogen-bond acceptors (Lipinski definition) is 9. The Balaban J connectivity index is 2.64. The highest BCUT2D eigenvalue weighted by atomic mass is 32.3. The zero-order valence-electron chi connectivity index (χ0n) is 19.1. The largest absolute Gasteiger partial charge is 0.498 e. The molecule has 0 aromatic carbocycles. The van der Waals surface area contributed by atoms with Crippen molar-refractivity contribution in [3.05, 3.63) is 0 Å². The maximum absolute atomic E-state index is 13.2. The van der Waals surface area contributed by atoms with Gasteiger partial charge in [-0.05, 0) is 12.8 Å². The minimum atomic E-state index is -7.32. The molecular formula is C15H14F12O9S4. The molecule has 0 bridgehead atoms. The summed E-state index contributed by atoms with van der Waals surface area (Å²) in [6, 6.07) is 0. The van der Waals surface area contributed by atoms with Gasteiger partial charge in [-0.2, -0.15) is 52.7 Å². The second-order valence-corrected chi connectivity index (χ2v) is 18.3. The molecule has 0 aliphatic heterocycles. The Kier molecular flexibility index (Phi) is 7.69. The standard InChI is InChI=1S/C15H14F12O9S4/c1-5(7-3-10(7,37(29,30)12(16,17)18)38(31,32)13(19,20)21)9(28)6(2)8-4-11(8,39(33,34)14(22,23)24)40(35,36)15(25,26)27/h5-8H,3-4H2,1-2H3. The molecule has 0 saturated heterocycles. The van der Waals surface area contributed by atoms with E-state index in [9.17, 15) is 91.2 Å². The van der Waals surface area contributed by atoms with Crippen molar-refractivity contribution in [1.29, 1.82) is 0 Å². The fraction of sp³-hybridized carbons (Fsp3) is 0.933. The number of carbonyl (C=O) groups excluding carboxylic acids is 1. The number of sulfone groups is 4. The first kappa shape index (κ1) is 34.8. The zero-order chi connectivity index (χ0) is 32.3. The third-order valence-corrected chi connectivity index (χ3v) is 17.5. The summed E-state index contributed by atoms with van der Waals surface area (Å²) in [5.41, 5.74) is -26.7. The van der Waals surface area contributed by atoms with E-state index >= 15 is 0 Å². The van der Waals surface area contributed by atoms with Gasteiger partial charge in [-0.15, -0.1) is 0 Å². The highest BCUT2D eigenvalue weighted by molar-refractivity contribution is 8.12. The summed E-state index contributed by atoms with van der Waals surface area (Å²) in [6.07, 6.45) is -4.10. The number of alkyl halides is 12. The summed E-state index contributed by atoms with van der Waals surface area (Å²) in [5, 5.41) is 0. The summed E-state index contributed by atoms with van der Waals surface area (Å²) in [5.74, 6) is -13.1. The van der Waals surface area contributed by atoms with Crippen molar-refractivity contribution in [3.8, 4) is 0 Å². The lowest BCUT2D eigenvalue weighted by Gasteiger charge is -2.26. The molecule has 4 atom stereocenters. The Labute approximate surface area is 216 Å². The minimum Gasteiger partial charge on any atom is -0.299 e. The van der Waals surface area contributed by atoms with Crippen LogP contribution >= 0.6 is 0 Å². The number of Topliss-reactive ketones (excluding diaryl/α,β-unsaturated/α-hetero) is 1. The van der Waals surface area contributed by atoms with Crippen molar-refractivity contribution in [2.45, 2.75) is 56.9 Å². The van der Waals surface area contributed by atoms with E-state index in [0.717, 1.165) is 0 Å². The van der Waals surface area contributed by atoms with Gasteiger partial charge in [0.1, 0.15) is 5.78 Å². The fourth-order valence-corrected chi connectivity index (χ4v) is 13.7. The highest BCUT2D eigenvalue weighted by Crippen LogP contribution is 2.67. The topological polar surface area (TPSA) is 154 Å². The van der Waals surface area contributed by atoms with E-state index in [2.05, 4.69) is 0 Å². The summed E-state index contributed by atoms with van der Waals surface area (Å²) in [7, 11) is -29.3. The molecule has 0 heterocycles. The quantitative estimate of drug-likeness (QED) is 0.349. The van der Waals surface area contributed by atoms with E-state index < -0.39 is 112 Å². The van der Waals surface area contributed by atoms with Gasteiger partial charge in [0, 0.05) is 23.7 Å². The molecule has 0 N–H and O–H groups in total. The summed E-state index contributed by atoms with van der Waals surface area (Å²) < 4.78 is 244. The number of hydrogen-bond donors (Lipinski definition) is 0. The van der Waals surface area contributed by atoms with Gasteiger partial charge in [-0.3, -0.25) is 4.79 Å². The van der Waals surface area contributed by atoms with Gasteiger partial charge >= 0.3 is 22.0 Å². The first-order valence-corrected chi connectivity index (χ1v) is 15.9. The van der Waals surface area contributed by atoms with E-state index in [0.29, 0.717) is 13.8 Å². The van der Waals surface area contributed by atoms with Crippen LogP contribution in [0.15, 0.2) is 0 Å². The zero-order valence-corrected chi connectivity index (χ0v) is 22.3. The van der Waals surface area contributed by atoms with Gasteiger partial charge in [-0.1, -0.05) is 13.8 Å². The molecule has 9 nitrogen and oxygen atoms in total. The Hall–Kier alpha value is -1.37. The summed E-state index contributed by atoms with van der Waals surface area (Å²) >= 11 is 0. The average molecular weight is 695 g/mol. The molecular weight excluding hydrogens is 680 g/mol. The first-order valence-electron chi connectivity index (χ1n) is 9.94. The normalized spacial score (nSPS) is 25.6. The Morgan fingerprint density at radius 3 is 0.850 bits per heavy atom. The molecule has 25 heteroatoms. The predicted octanol–water partition coefficient (Wildman–Crippen LogP) is 3.00. The molecule has 2 aliphatic rings. The van der Waals surface area contributed by atoms with Crippen LogP contribution < -0.4 is 0 Å². The fourth-order valence-electron chi connectivity index (χ4n) is 4.73. The van der Waals surface area contributed by atoms with Crippen molar-refractivity contribution in [1.82, 2.24) is 0 Å². The maximum atomic E-state index is 13.2. The predicted molar refractivity (Wildman–Crippen MR) is 105 cm³/mol. The molecule has 0 radical (unpaired) electrons. The van der Waals surface area contributed by atoms with Gasteiger partial charge in [0.05, 0.1) is 0 Å². The number of halogens is 12. The van der Waals surface area contributed by atoms with Crippen LogP contribution in [0.5, 0.6) is 0 Å². The van der Waals surface area contributed by atoms with Crippen LogP contribution in [0.2, 0.25) is 0 Å². The number of ketones is 1. The van der Waals surface area contributed by atoms with Gasteiger partial charge in [0.2, 0.25) is 0 Å². The van der Waals surface area contributed by atoms with E-state index in [1.807, 2.05) is 0 Å². The van der Waals surface area contributed by atoms with Crippen LogP contribution in [-0.2, 0) is 44.1 Å². The van der Waals surface area contributed by atoms with Crippen LogP contribution in [0.3, 0.4) is 0 Å². The number of carbonyl (C=O) groups is 1. The smallest absolute Gasteiger partial charge is 0.299 e. The average Bonchev–Trinajstić information content (AvgIpc) is 3.61. The lowest BCUT2D eigenvalue weighted by molar-refractivity contribution is -0.127. The van der Waals surface area contributed by atoms with Crippen molar-refractivity contribution >= 4 is 45.1 Å².